The average molecular weight is 168 g/mol. The van der Waals surface area contributed by atoms with E-state index in [1.807, 2.05) is 0 Å². The van der Waals surface area contributed by atoms with Gasteiger partial charge in [0.25, 0.3) is 0 Å². The van der Waals surface area contributed by atoms with Crippen LogP contribution in [0.25, 0.3) is 0 Å². The third kappa shape index (κ3) is 1.22. The van der Waals surface area contributed by atoms with Crippen LogP contribution >= 0.6 is 0 Å². The maximum Gasteiger partial charge on any atom is 0.220 e. The Bertz CT molecular complexity index is 205. The Kier molecular flexibility index (Phi) is 1.83. The van der Waals surface area contributed by atoms with Crippen LogP contribution < -0.4 is 10.6 Å². The van der Waals surface area contributed by atoms with Crippen molar-refractivity contribution in [1.29, 1.82) is 0 Å². The molecule has 0 saturated carbocycles. The monoisotopic (exact) mass is 168 g/mol. The Morgan fingerprint density at radius 2 is 2.33 bits per heavy atom. The molecule has 1 amide bonds. The Morgan fingerprint density at radius 1 is 1.50 bits per heavy atom. The highest BCUT2D eigenvalue weighted by Gasteiger charge is 2.40. The fourth-order valence-electron chi connectivity index (χ4n) is 2.38. The molecule has 0 aromatic heterocycles. The SMILES string of the molecule is CC12CNCCC1CCC(=O)N2. The van der Waals surface area contributed by atoms with Crippen molar-refractivity contribution in [3.8, 4) is 0 Å². The number of fused-ring (bicyclic) bond motifs is 1. The van der Waals surface area contributed by atoms with Crippen LogP contribution in [0.15, 0.2) is 0 Å². The maximum atomic E-state index is 11.2. The molecule has 2 saturated heterocycles. The molecule has 2 aliphatic rings. The highest BCUT2D eigenvalue weighted by atomic mass is 16.1. The van der Waals surface area contributed by atoms with E-state index in [9.17, 15) is 4.79 Å². The predicted molar refractivity (Wildman–Crippen MR) is 46.8 cm³/mol. The van der Waals surface area contributed by atoms with E-state index < -0.39 is 0 Å². The second kappa shape index (κ2) is 2.73. The zero-order chi connectivity index (χ0) is 8.60. The number of hydrogen-bond donors (Lipinski definition) is 2. The van der Waals surface area contributed by atoms with Gasteiger partial charge in [0, 0.05) is 13.0 Å². The number of carbonyl (C=O) groups excluding carboxylic acids is 1. The van der Waals surface area contributed by atoms with Crippen molar-refractivity contribution in [3.05, 3.63) is 0 Å². The molecule has 0 aromatic carbocycles. The van der Waals surface area contributed by atoms with Gasteiger partial charge >= 0.3 is 0 Å². The minimum absolute atomic E-state index is 0.0353. The summed E-state index contributed by atoms with van der Waals surface area (Å²) in [5.41, 5.74) is 0.0353. The molecule has 3 nitrogen and oxygen atoms in total. The Morgan fingerprint density at radius 3 is 3.17 bits per heavy atom. The Balaban J connectivity index is 2.12. The van der Waals surface area contributed by atoms with Gasteiger partial charge < -0.3 is 10.6 Å². The van der Waals surface area contributed by atoms with Gasteiger partial charge in [-0.25, -0.2) is 0 Å². The number of rotatable bonds is 0. The van der Waals surface area contributed by atoms with Crippen molar-refractivity contribution in [2.45, 2.75) is 31.7 Å². The first kappa shape index (κ1) is 8.05. The summed E-state index contributed by atoms with van der Waals surface area (Å²) in [5.74, 6) is 0.911. The zero-order valence-corrected chi connectivity index (χ0v) is 7.52. The fraction of sp³-hybridized carbons (Fsp3) is 0.889. The van der Waals surface area contributed by atoms with Crippen molar-refractivity contribution >= 4 is 5.91 Å². The molecule has 2 heterocycles. The van der Waals surface area contributed by atoms with Gasteiger partial charge in [0.2, 0.25) is 5.91 Å². The largest absolute Gasteiger partial charge is 0.349 e. The van der Waals surface area contributed by atoms with Gasteiger partial charge in [0.15, 0.2) is 0 Å². The van der Waals surface area contributed by atoms with Gasteiger partial charge in [0.1, 0.15) is 0 Å². The van der Waals surface area contributed by atoms with Crippen LogP contribution in [0.2, 0.25) is 0 Å². The smallest absolute Gasteiger partial charge is 0.220 e. The molecule has 0 aromatic rings. The Hall–Kier alpha value is -0.570. The second-order valence-electron chi connectivity index (χ2n) is 4.17. The summed E-state index contributed by atoms with van der Waals surface area (Å²) in [6.45, 7) is 4.19. The molecule has 2 rings (SSSR count). The van der Waals surface area contributed by atoms with Crippen molar-refractivity contribution < 1.29 is 4.79 Å². The van der Waals surface area contributed by atoms with E-state index in [2.05, 4.69) is 17.6 Å². The molecule has 0 radical (unpaired) electrons. The standard InChI is InChI=1S/C9H16N2O/c1-9-6-10-5-4-7(9)2-3-8(12)11-9/h7,10H,2-6H2,1H3,(H,11,12). The average Bonchev–Trinajstić information content (AvgIpc) is 2.02. The quantitative estimate of drug-likeness (QED) is 0.545. The zero-order valence-electron chi connectivity index (χ0n) is 7.52. The van der Waals surface area contributed by atoms with E-state index in [4.69, 9.17) is 0 Å². The van der Waals surface area contributed by atoms with Gasteiger partial charge in [-0.15, -0.1) is 0 Å². The van der Waals surface area contributed by atoms with Crippen molar-refractivity contribution in [2.24, 2.45) is 5.92 Å². The maximum absolute atomic E-state index is 11.2. The first-order valence-electron chi connectivity index (χ1n) is 4.72. The molecular formula is C9H16N2O. The molecule has 2 N–H and O–H groups in total. The lowest BCUT2D eigenvalue weighted by Crippen LogP contribution is -2.63. The van der Waals surface area contributed by atoms with Crippen LogP contribution in [-0.2, 0) is 4.79 Å². The Labute approximate surface area is 72.9 Å². The lowest BCUT2D eigenvalue weighted by molar-refractivity contribution is -0.127. The number of hydrogen-bond acceptors (Lipinski definition) is 2. The van der Waals surface area contributed by atoms with E-state index in [1.54, 1.807) is 0 Å². The number of amides is 1. The number of nitrogens with one attached hydrogen (secondary N) is 2. The van der Waals surface area contributed by atoms with Crippen LogP contribution in [0.5, 0.6) is 0 Å². The predicted octanol–water partition coefficient (Wildman–Crippen LogP) is 0.265. The topological polar surface area (TPSA) is 41.1 Å². The van der Waals surface area contributed by atoms with Crippen molar-refractivity contribution in [1.82, 2.24) is 10.6 Å². The molecule has 0 bridgehead atoms. The molecule has 2 unspecified atom stereocenters. The molecule has 68 valence electrons. The minimum atomic E-state index is 0.0353. The molecular weight excluding hydrogens is 152 g/mol. The first-order chi connectivity index (χ1) is 5.71. The summed E-state index contributed by atoms with van der Waals surface area (Å²) in [6.07, 6.45) is 3.00. The molecule has 2 aliphatic heterocycles. The fourth-order valence-corrected chi connectivity index (χ4v) is 2.38. The van der Waals surface area contributed by atoms with Gasteiger partial charge in [-0.1, -0.05) is 0 Å². The third-order valence-corrected chi connectivity index (χ3v) is 3.21. The number of carbonyl (C=O) groups is 1. The van der Waals surface area contributed by atoms with Gasteiger partial charge in [0.05, 0.1) is 5.54 Å². The molecule has 2 fully saturated rings. The molecule has 0 aliphatic carbocycles. The summed E-state index contributed by atoms with van der Waals surface area (Å²) in [7, 11) is 0. The van der Waals surface area contributed by atoms with E-state index in [0.29, 0.717) is 5.92 Å². The van der Waals surface area contributed by atoms with Gasteiger partial charge in [-0.05, 0) is 32.2 Å². The van der Waals surface area contributed by atoms with E-state index in [-0.39, 0.29) is 11.4 Å². The lowest BCUT2D eigenvalue weighted by Gasteiger charge is -2.45. The molecule has 2 atom stereocenters. The first-order valence-corrected chi connectivity index (χ1v) is 4.72. The van der Waals surface area contributed by atoms with Crippen LogP contribution in [0.1, 0.15) is 26.2 Å². The van der Waals surface area contributed by atoms with Crippen molar-refractivity contribution in [2.75, 3.05) is 13.1 Å². The third-order valence-electron chi connectivity index (χ3n) is 3.21. The van der Waals surface area contributed by atoms with Gasteiger partial charge in [-0.2, -0.15) is 0 Å². The summed E-state index contributed by atoms with van der Waals surface area (Å²) in [4.78, 5) is 11.2. The van der Waals surface area contributed by atoms with E-state index in [0.717, 1.165) is 25.9 Å². The highest BCUT2D eigenvalue weighted by molar-refractivity contribution is 5.77. The summed E-state index contributed by atoms with van der Waals surface area (Å²) >= 11 is 0. The van der Waals surface area contributed by atoms with Gasteiger partial charge in [-0.3, -0.25) is 4.79 Å². The van der Waals surface area contributed by atoms with Crippen LogP contribution in [0.3, 0.4) is 0 Å². The lowest BCUT2D eigenvalue weighted by atomic mass is 9.75. The molecule has 12 heavy (non-hydrogen) atoms. The minimum Gasteiger partial charge on any atom is -0.349 e. The van der Waals surface area contributed by atoms with E-state index >= 15 is 0 Å². The molecule has 0 spiro atoms. The van der Waals surface area contributed by atoms with E-state index in [1.165, 1.54) is 6.42 Å². The summed E-state index contributed by atoms with van der Waals surface area (Å²) in [5, 5.41) is 6.42. The summed E-state index contributed by atoms with van der Waals surface area (Å²) in [6, 6.07) is 0. The van der Waals surface area contributed by atoms with Crippen molar-refractivity contribution in [3.63, 3.8) is 0 Å². The number of piperidine rings is 2. The highest BCUT2D eigenvalue weighted by Crippen LogP contribution is 2.30. The van der Waals surface area contributed by atoms with Crippen LogP contribution in [0, 0.1) is 5.92 Å². The summed E-state index contributed by atoms with van der Waals surface area (Å²) < 4.78 is 0. The van der Waals surface area contributed by atoms with Crippen LogP contribution in [0.4, 0.5) is 0 Å². The normalized spacial score (nSPS) is 41.8. The molecule has 3 heteroatoms. The second-order valence-corrected chi connectivity index (χ2v) is 4.17. The van der Waals surface area contributed by atoms with Crippen LogP contribution in [-0.4, -0.2) is 24.5 Å².